The average molecular weight is 332 g/mol. The van der Waals surface area contributed by atoms with Crippen LogP contribution in [0.5, 0.6) is 11.5 Å². The van der Waals surface area contributed by atoms with Gasteiger partial charge in [-0.1, -0.05) is 13.8 Å². The van der Waals surface area contributed by atoms with E-state index < -0.39 is 5.91 Å². The molecule has 5 nitrogen and oxygen atoms in total. The van der Waals surface area contributed by atoms with Crippen LogP contribution in [0.25, 0.3) is 0 Å². The number of carbonyl (C=O) groups excluding carboxylic acids is 1. The summed E-state index contributed by atoms with van der Waals surface area (Å²) in [6, 6.07) is 10.1. The maximum atomic E-state index is 11.0. The molecule has 0 atom stereocenters. The molecule has 0 bridgehead atoms. The van der Waals surface area contributed by atoms with Gasteiger partial charge in [0, 0.05) is 23.0 Å². The lowest BCUT2D eigenvalue weighted by Gasteiger charge is -2.12. The molecule has 0 fully saturated rings. The number of amides is 1. The molecule has 0 saturated heterocycles. The number of primary amides is 1. The molecule has 2 rings (SSSR count). The lowest BCUT2D eigenvalue weighted by Crippen LogP contribution is -2.10. The standard InChI is InChI=1S/C17H20N2O3S/c1-10(2)23-16-14(20)7-11(8-15(16)21)9-19-13-5-3-12(4-6-13)17(18)22/h3-8,10,19-21H,9H2,1-2H3,(H2,18,22). The largest absolute Gasteiger partial charge is 0.507 e. The van der Waals surface area contributed by atoms with Crippen LogP contribution in [0, 0.1) is 0 Å². The molecule has 0 radical (unpaired) electrons. The van der Waals surface area contributed by atoms with E-state index in [1.807, 2.05) is 13.8 Å². The SMILES string of the molecule is CC(C)Sc1c(O)cc(CNc2ccc(C(N)=O)cc2)cc1O. The van der Waals surface area contributed by atoms with Gasteiger partial charge in [-0.2, -0.15) is 0 Å². The number of benzene rings is 2. The van der Waals surface area contributed by atoms with Gasteiger partial charge in [0.2, 0.25) is 5.91 Å². The first-order chi connectivity index (χ1) is 10.9. The van der Waals surface area contributed by atoms with Gasteiger partial charge in [0.1, 0.15) is 11.5 Å². The van der Waals surface area contributed by atoms with E-state index in [1.165, 1.54) is 11.8 Å². The van der Waals surface area contributed by atoms with Gasteiger partial charge in [-0.25, -0.2) is 0 Å². The molecule has 0 aliphatic heterocycles. The predicted octanol–water partition coefficient (Wildman–Crippen LogP) is 3.31. The van der Waals surface area contributed by atoms with Crippen molar-refractivity contribution >= 4 is 23.4 Å². The Bertz CT molecular complexity index is 676. The topological polar surface area (TPSA) is 95.6 Å². The Labute approximate surface area is 139 Å². The molecule has 0 unspecified atom stereocenters. The minimum Gasteiger partial charge on any atom is -0.507 e. The third kappa shape index (κ3) is 4.56. The molecule has 0 aliphatic rings. The van der Waals surface area contributed by atoms with Gasteiger partial charge in [-0.15, -0.1) is 11.8 Å². The number of aromatic hydroxyl groups is 2. The zero-order chi connectivity index (χ0) is 17.0. The molecule has 0 aliphatic carbocycles. The fourth-order valence-electron chi connectivity index (χ4n) is 2.07. The second-order valence-corrected chi connectivity index (χ2v) is 7.01. The van der Waals surface area contributed by atoms with Gasteiger partial charge >= 0.3 is 0 Å². The molecule has 0 saturated carbocycles. The summed E-state index contributed by atoms with van der Waals surface area (Å²) < 4.78 is 0. The summed E-state index contributed by atoms with van der Waals surface area (Å²) in [6.07, 6.45) is 0. The fourth-order valence-corrected chi connectivity index (χ4v) is 2.90. The van der Waals surface area contributed by atoms with Gasteiger partial charge in [-0.05, 0) is 42.0 Å². The van der Waals surface area contributed by atoms with Crippen LogP contribution in [0.1, 0.15) is 29.8 Å². The fraction of sp³-hybridized carbons (Fsp3) is 0.235. The number of carbonyl (C=O) groups is 1. The number of rotatable bonds is 6. The van der Waals surface area contributed by atoms with E-state index in [-0.39, 0.29) is 16.7 Å². The smallest absolute Gasteiger partial charge is 0.248 e. The third-order valence-electron chi connectivity index (χ3n) is 3.13. The van der Waals surface area contributed by atoms with E-state index in [9.17, 15) is 15.0 Å². The predicted molar refractivity (Wildman–Crippen MR) is 93.1 cm³/mol. The summed E-state index contributed by atoms with van der Waals surface area (Å²) in [6.45, 7) is 4.42. The van der Waals surface area contributed by atoms with Gasteiger partial charge in [0.05, 0.1) is 4.90 Å². The number of nitrogens with two attached hydrogens (primary N) is 1. The number of anilines is 1. The Kier molecular flexibility index (Phi) is 5.39. The zero-order valence-electron chi connectivity index (χ0n) is 13.0. The first-order valence-electron chi connectivity index (χ1n) is 7.22. The second-order valence-electron chi connectivity index (χ2n) is 5.42. The first-order valence-corrected chi connectivity index (χ1v) is 8.10. The van der Waals surface area contributed by atoms with Crippen molar-refractivity contribution in [2.45, 2.75) is 30.5 Å². The summed E-state index contributed by atoms with van der Waals surface area (Å²) in [5.41, 5.74) is 7.21. The highest BCUT2D eigenvalue weighted by Gasteiger charge is 2.12. The maximum Gasteiger partial charge on any atom is 0.248 e. The Morgan fingerprint density at radius 3 is 2.22 bits per heavy atom. The zero-order valence-corrected chi connectivity index (χ0v) is 13.9. The lowest BCUT2D eigenvalue weighted by molar-refractivity contribution is 0.100. The van der Waals surface area contributed by atoms with E-state index in [4.69, 9.17) is 5.73 Å². The van der Waals surface area contributed by atoms with Crippen molar-refractivity contribution in [1.29, 1.82) is 0 Å². The Morgan fingerprint density at radius 2 is 1.74 bits per heavy atom. The van der Waals surface area contributed by atoms with Crippen LogP contribution in [0.3, 0.4) is 0 Å². The quantitative estimate of drug-likeness (QED) is 0.609. The van der Waals surface area contributed by atoms with Crippen molar-refractivity contribution < 1.29 is 15.0 Å². The summed E-state index contributed by atoms with van der Waals surface area (Å²) in [5.74, 6) is -0.321. The van der Waals surface area contributed by atoms with E-state index in [1.54, 1.807) is 36.4 Å². The summed E-state index contributed by atoms with van der Waals surface area (Å²) in [4.78, 5) is 11.5. The Balaban J connectivity index is 2.07. The van der Waals surface area contributed by atoms with Crippen molar-refractivity contribution in [2.75, 3.05) is 5.32 Å². The number of phenols is 2. The highest BCUT2D eigenvalue weighted by molar-refractivity contribution is 8.00. The average Bonchev–Trinajstić information content (AvgIpc) is 2.49. The number of nitrogens with one attached hydrogen (secondary N) is 1. The third-order valence-corrected chi connectivity index (χ3v) is 4.25. The molecule has 0 heterocycles. The van der Waals surface area contributed by atoms with E-state index in [0.717, 1.165) is 11.3 Å². The van der Waals surface area contributed by atoms with Gasteiger partial charge < -0.3 is 21.3 Å². The minimum absolute atomic E-state index is 0.0737. The number of phenolic OH excluding ortho intramolecular Hbond substituents is 2. The summed E-state index contributed by atoms with van der Waals surface area (Å²) in [5, 5.41) is 23.5. The molecule has 122 valence electrons. The number of hydrogen-bond donors (Lipinski definition) is 4. The molecule has 23 heavy (non-hydrogen) atoms. The van der Waals surface area contributed by atoms with Crippen molar-refractivity contribution in [3.8, 4) is 11.5 Å². The van der Waals surface area contributed by atoms with Crippen molar-refractivity contribution in [2.24, 2.45) is 5.73 Å². The minimum atomic E-state index is -0.468. The maximum absolute atomic E-state index is 11.0. The van der Waals surface area contributed by atoms with E-state index in [0.29, 0.717) is 17.0 Å². The van der Waals surface area contributed by atoms with Gasteiger partial charge in [0.25, 0.3) is 0 Å². The molecule has 0 spiro atoms. The first kappa shape index (κ1) is 17.0. The van der Waals surface area contributed by atoms with Crippen molar-refractivity contribution in [3.05, 3.63) is 47.5 Å². The Morgan fingerprint density at radius 1 is 1.17 bits per heavy atom. The van der Waals surface area contributed by atoms with Crippen LogP contribution in [-0.2, 0) is 6.54 Å². The molecule has 6 heteroatoms. The van der Waals surface area contributed by atoms with Gasteiger partial charge in [-0.3, -0.25) is 4.79 Å². The highest BCUT2D eigenvalue weighted by Crippen LogP contribution is 2.39. The van der Waals surface area contributed by atoms with Crippen LogP contribution in [0.4, 0.5) is 5.69 Å². The van der Waals surface area contributed by atoms with Crippen LogP contribution in [0.2, 0.25) is 0 Å². The Hall–Kier alpha value is -2.34. The summed E-state index contributed by atoms with van der Waals surface area (Å²) in [7, 11) is 0. The van der Waals surface area contributed by atoms with Crippen molar-refractivity contribution in [3.63, 3.8) is 0 Å². The van der Waals surface area contributed by atoms with Crippen LogP contribution < -0.4 is 11.1 Å². The van der Waals surface area contributed by atoms with Gasteiger partial charge in [0.15, 0.2) is 0 Å². The molecule has 1 amide bonds. The van der Waals surface area contributed by atoms with Crippen LogP contribution in [-0.4, -0.2) is 21.4 Å². The number of thioether (sulfide) groups is 1. The molecular formula is C17H20N2O3S. The van der Waals surface area contributed by atoms with Crippen LogP contribution in [0.15, 0.2) is 41.3 Å². The monoisotopic (exact) mass is 332 g/mol. The number of hydrogen-bond acceptors (Lipinski definition) is 5. The van der Waals surface area contributed by atoms with E-state index >= 15 is 0 Å². The van der Waals surface area contributed by atoms with E-state index in [2.05, 4.69) is 5.32 Å². The molecule has 0 aromatic heterocycles. The van der Waals surface area contributed by atoms with Crippen molar-refractivity contribution in [1.82, 2.24) is 0 Å². The summed E-state index contributed by atoms with van der Waals surface area (Å²) >= 11 is 1.41. The molecule has 2 aromatic rings. The second kappa shape index (κ2) is 7.28. The molecule has 5 N–H and O–H groups in total. The highest BCUT2D eigenvalue weighted by atomic mass is 32.2. The molecule has 2 aromatic carbocycles. The molecular weight excluding hydrogens is 312 g/mol. The lowest BCUT2D eigenvalue weighted by atomic mass is 10.1. The van der Waals surface area contributed by atoms with Crippen LogP contribution >= 0.6 is 11.8 Å². The normalized spacial score (nSPS) is 10.7.